The fraction of sp³-hybridized carbons (Fsp3) is 0.533. The second kappa shape index (κ2) is 6.22. The molecule has 0 spiro atoms. The lowest BCUT2D eigenvalue weighted by atomic mass is 10.0. The maximum Gasteiger partial charge on any atom is 0.411 e. The van der Waals surface area contributed by atoms with Crippen LogP contribution in [0.1, 0.15) is 31.1 Å². The Kier molecular flexibility index (Phi) is 4.57. The van der Waals surface area contributed by atoms with E-state index in [9.17, 15) is 9.59 Å². The van der Waals surface area contributed by atoms with Gasteiger partial charge in [-0.15, -0.1) is 0 Å². The standard InChI is InChI=1S/C15H21N3O3/c1-15(2,3)21-14(20)18-9-8-17-10-12(18)13(19)11-4-6-16-7-5-11/h4-7,12,17H,8-10H2,1-3H3. The molecule has 0 aliphatic carbocycles. The highest BCUT2D eigenvalue weighted by atomic mass is 16.6. The molecule has 1 aliphatic rings. The summed E-state index contributed by atoms with van der Waals surface area (Å²) in [5.74, 6) is -0.101. The second-order valence-electron chi connectivity index (χ2n) is 5.99. The van der Waals surface area contributed by atoms with Crippen molar-refractivity contribution in [1.29, 1.82) is 0 Å². The number of aromatic nitrogens is 1. The highest BCUT2D eigenvalue weighted by Crippen LogP contribution is 2.16. The van der Waals surface area contributed by atoms with E-state index in [1.165, 1.54) is 4.90 Å². The molecular weight excluding hydrogens is 270 g/mol. The number of piperazine rings is 1. The number of ether oxygens (including phenoxy) is 1. The van der Waals surface area contributed by atoms with Crippen molar-refractivity contribution in [3.05, 3.63) is 30.1 Å². The summed E-state index contributed by atoms with van der Waals surface area (Å²) in [4.78, 5) is 30.2. The number of nitrogens with zero attached hydrogens (tertiary/aromatic N) is 2. The van der Waals surface area contributed by atoms with Crippen LogP contribution in [0.25, 0.3) is 0 Å². The zero-order valence-corrected chi connectivity index (χ0v) is 12.6. The molecule has 0 aromatic carbocycles. The maximum absolute atomic E-state index is 12.6. The van der Waals surface area contributed by atoms with Crippen molar-refractivity contribution >= 4 is 11.9 Å². The first-order chi connectivity index (χ1) is 9.88. The average molecular weight is 291 g/mol. The lowest BCUT2D eigenvalue weighted by molar-refractivity contribution is 0.0125. The molecule has 6 nitrogen and oxygen atoms in total. The second-order valence-corrected chi connectivity index (χ2v) is 5.99. The minimum absolute atomic E-state index is 0.101. The largest absolute Gasteiger partial charge is 0.444 e. The van der Waals surface area contributed by atoms with E-state index in [1.54, 1.807) is 24.5 Å². The van der Waals surface area contributed by atoms with Gasteiger partial charge in [0.25, 0.3) is 0 Å². The van der Waals surface area contributed by atoms with Gasteiger partial charge in [0.15, 0.2) is 5.78 Å². The molecule has 2 rings (SSSR count). The van der Waals surface area contributed by atoms with Crippen molar-refractivity contribution < 1.29 is 14.3 Å². The minimum Gasteiger partial charge on any atom is -0.444 e. The van der Waals surface area contributed by atoms with Gasteiger partial charge in [0, 0.05) is 37.6 Å². The zero-order valence-electron chi connectivity index (χ0n) is 12.6. The number of hydrogen-bond acceptors (Lipinski definition) is 5. The molecule has 1 unspecified atom stereocenters. The van der Waals surface area contributed by atoms with Crippen LogP contribution < -0.4 is 5.32 Å². The predicted molar refractivity (Wildman–Crippen MR) is 78.2 cm³/mol. The molecule has 1 aliphatic heterocycles. The molecule has 1 N–H and O–H groups in total. The normalized spacial score (nSPS) is 19.2. The molecule has 1 atom stereocenters. The Morgan fingerprint density at radius 1 is 1.33 bits per heavy atom. The van der Waals surface area contributed by atoms with Crippen LogP contribution in [0.4, 0.5) is 4.79 Å². The molecule has 21 heavy (non-hydrogen) atoms. The third-order valence-electron chi connectivity index (χ3n) is 3.14. The van der Waals surface area contributed by atoms with E-state index in [1.807, 2.05) is 20.8 Å². The Morgan fingerprint density at radius 3 is 2.62 bits per heavy atom. The smallest absolute Gasteiger partial charge is 0.411 e. The number of Topliss-reactive ketones (excluding diaryl/α,β-unsaturated/α-hetero) is 1. The number of carbonyl (C=O) groups excluding carboxylic acids is 2. The first-order valence-corrected chi connectivity index (χ1v) is 7.03. The van der Waals surface area contributed by atoms with Gasteiger partial charge in [0.2, 0.25) is 0 Å². The number of hydrogen-bond donors (Lipinski definition) is 1. The molecule has 114 valence electrons. The van der Waals surface area contributed by atoms with Gasteiger partial charge in [0.05, 0.1) is 0 Å². The van der Waals surface area contributed by atoms with Gasteiger partial charge < -0.3 is 10.1 Å². The summed E-state index contributed by atoms with van der Waals surface area (Å²) in [7, 11) is 0. The summed E-state index contributed by atoms with van der Waals surface area (Å²) in [5.41, 5.74) is -0.0288. The van der Waals surface area contributed by atoms with Gasteiger partial charge in [-0.25, -0.2) is 4.79 Å². The van der Waals surface area contributed by atoms with Gasteiger partial charge in [-0.2, -0.15) is 0 Å². The summed E-state index contributed by atoms with van der Waals surface area (Å²) in [6.45, 7) is 6.97. The molecule has 1 saturated heterocycles. The zero-order chi connectivity index (χ0) is 15.5. The fourth-order valence-corrected chi connectivity index (χ4v) is 2.19. The van der Waals surface area contributed by atoms with Crippen molar-refractivity contribution in [1.82, 2.24) is 15.2 Å². The van der Waals surface area contributed by atoms with Crippen molar-refractivity contribution in [2.75, 3.05) is 19.6 Å². The Bertz CT molecular complexity index is 511. The highest BCUT2D eigenvalue weighted by Gasteiger charge is 2.35. The molecule has 1 aromatic rings. The van der Waals surface area contributed by atoms with E-state index in [-0.39, 0.29) is 5.78 Å². The van der Waals surface area contributed by atoms with Gasteiger partial charge in [0.1, 0.15) is 11.6 Å². The number of carbonyl (C=O) groups is 2. The first kappa shape index (κ1) is 15.4. The summed E-state index contributed by atoms with van der Waals surface area (Å²) in [6.07, 6.45) is 2.69. The molecule has 6 heteroatoms. The molecule has 0 bridgehead atoms. The lowest BCUT2D eigenvalue weighted by Gasteiger charge is -2.36. The Labute approximate surface area is 124 Å². The van der Waals surface area contributed by atoms with E-state index in [2.05, 4.69) is 10.3 Å². The quantitative estimate of drug-likeness (QED) is 0.836. The van der Waals surface area contributed by atoms with Gasteiger partial charge in [-0.05, 0) is 32.9 Å². The lowest BCUT2D eigenvalue weighted by Crippen LogP contribution is -2.57. The topological polar surface area (TPSA) is 71.5 Å². The Balaban J connectivity index is 2.16. The molecule has 2 heterocycles. The molecule has 1 fully saturated rings. The number of pyridine rings is 1. The van der Waals surface area contributed by atoms with Crippen molar-refractivity contribution in [2.24, 2.45) is 0 Å². The van der Waals surface area contributed by atoms with E-state index < -0.39 is 17.7 Å². The van der Waals surface area contributed by atoms with Crippen LogP contribution in [0.2, 0.25) is 0 Å². The molecule has 1 amide bonds. The molecule has 1 aromatic heterocycles. The third-order valence-corrected chi connectivity index (χ3v) is 3.14. The van der Waals surface area contributed by atoms with Crippen molar-refractivity contribution in [2.45, 2.75) is 32.4 Å². The van der Waals surface area contributed by atoms with Crippen LogP contribution in [-0.4, -0.2) is 53.0 Å². The summed E-state index contributed by atoms with van der Waals surface area (Å²) >= 11 is 0. The van der Waals surface area contributed by atoms with Gasteiger partial charge in [-0.3, -0.25) is 14.7 Å². The monoisotopic (exact) mass is 291 g/mol. The summed E-state index contributed by atoms with van der Waals surface area (Å²) < 4.78 is 5.39. The number of rotatable bonds is 2. The van der Waals surface area contributed by atoms with Gasteiger partial charge >= 0.3 is 6.09 Å². The van der Waals surface area contributed by atoms with Crippen LogP contribution in [0.5, 0.6) is 0 Å². The van der Waals surface area contributed by atoms with Crippen molar-refractivity contribution in [3.8, 4) is 0 Å². The van der Waals surface area contributed by atoms with Crippen LogP contribution in [0.3, 0.4) is 0 Å². The van der Waals surface area contributed by atoms with Gasteiger partial charge in [-0.1, -0.05) is 0 Å². The summed E-state index contributed by atoms with van der Waals surface area (Å²) in [5, 5.41) is 3.15. The van der Waals surface area contributed by atoms with Crippen LogP contribution in [0.15, 0.2) is 24.5 Å². The number of amides is 1. The third kappa shape index (κ3) is 4.01. The molecule has 0 radical (unpaired) electrons. The SMILES string of the molecule is CC(C)(C)OC(=O)N1CCNCC1C(=O)c1ccncc1. The maximum atomic E-state index is 12.6. The minimum atomic E-state index is -0.577. The molecule has 0 saturated carbocycles. The first-order valence-electron chi connectivity index (χ1n) is 7.03. The van der Waals surface area contributed by atoms with Crippen LogP contribution >= 0.6 is 0 Å². The molecular formula is C15H21N3O3. The van der Waals surface area contributed by atoms with Crippen molar-refractivity contribution in [3.63, 3.8) is 0 Å². The van der Waals surface area contributed by atoms with Crippen LogP contribution in [0, 0.1) is 0 Å². The van der Waals surface area contributed by atoms with E-state index in [4.69, 9.17) is 4.74 Å². The Morgan fingerprint density at radius 2 is 2.00 bits per heavy atom. The van der Waals surface area contributed by atoms with Crippen LogP contribution in [-0.2, 0) is 4.74 Å². The predicted octanol–water partition coefficient (Wildman–Crippen LogP) is 1.47. The Hall–Kier alpha value is -1.95. The highest BCUT2D eigenvalue weighted by molar-refractivity contribution is 6.01. The van der Waals surface area contributed by atoms with E-state index in [0.29, 0.717) is 25.2 Å². The number of nitrogens with one attached hydrogen (secondary N) is 1. The van der Waals surface area contributed by atoms with E-state index >= 15 is 0 Å². The van der Waals surface area contributed by atoms with E-state index in [0.717, 1.165) is 0 Å². The fourth-order valence-electron chi connectivity index (χ4n) is 2.19. The summed E-state index contributed by atoms with van der Waals surface area (Å²) in [6, 6.07) is 2.77. The average Bonchev–Trinajstić information content (AvgIpc) is 2.45. The number of ketones is 1.